The number of benzene rings is 2. The first-order valence-electron chi connectivity index (χ1n) is 12.2. The average Bonchev–Trinajstić information content (AvgIpc) is 2.86. The van der Waals surface area contributed by atoms with Crippen molar-refractivity contribution in [2.24, 2.45) is 0 Å². The van der Waals surface area contributed by atoms with E-state index < -0.39 is 6.04 Å². The fourth-order valence-electron chi connectivity index (χ4n) is 4.29. The quantitative estimate of drug-likeness (QED) is 0.289. The highest BCUT2D eigenvalue weighted by Gasteiger charge is 2.33. The van der Waals surface area contributed by atoms with Gasteiger partial charge in [-0.25, -0.2) is 0 Å². The van der Waals surface area contributed by atoms with Crippen LogP contribution in [0.15, 0.2) is 48.5 Å². The van der Waals surface area contributed by atoms with E-state index in [1.165, 1.54) is 11.3 Å². The van der Waals surface area contributed by atoms with Gasteiger partial charge < -0.3 is 15.0 Å². The molecule has 1 unspecified atom stereocenters. The van der Waals surface area contributed by atoms with E-state index in [1.807, 2.05) is 42.5 Å². The molecule has 3 rings (SSSR count). The smallest absolute Gasteiger partial charge is 0.247 e. The first kappa shape index (κ1) is 26.4. The largest absolute Gasteiger partial charge is 0.494 e. The molecule has 2 amide bonds. The standard InChI is InChI=1S/C27H34Cl2N2O3/c1-2-3-17-34-23-15-13-20(14-16-23)26(27(33)30-22-10-5-4-6-11-22)31(25(32)18-28)19-21-9-7-8-12-24(21)29/h7-9,12-16,22,26H,2-6,10-11,17-19H2,1H3,(H,30,33). The highest BCUT2D eigenvalue weighted by Crippen LogP contribution is 2.29. The summed E-state index contributed by atoms with van der Waals surface area (Å²) in [6.07, 6.45) is 7.34. The molecule has 2 aromatic rings. The number of carbonyl (C=O) groups is 2. The van der Waals surface area contributed by atoms with E-state index in [2.05, 4.69) is 12.2 Å². The Balaban J connectivity index is 1.91. The Bertz CT molecular complexity index is 930. The van der Waals surface area contributed by atoms with Gasteiger partial charge in [-0.15, -0.1) is 11.6 Å². The monoisotopic (exact) mass is 504 g/mol. The van der Waals surface area contributed by atoms with Gasteiger partial charge in [0.15, 0.2) is 0 Å². The van der Waals surface area contributed by atoms with Crippen LogP contribution in [0.5, 0.6) is 5.75 Å². The third-order valence-electron chi connectivity index (χ3n) is 6.21. The van der Waals surface area contributed by atoms with Crippen molar-refractivity contribution in [3.63, 3.8) is 0 Å². The van der Waals surface area contributed by atoms with Crippen molar-refractivity contribution in [2.45, 2.75) is 70.5 Å². The van der Waals surface area contributed by atoms with Crippen LogP contribution in [0.1, 0.15) is 69.0 Å². The zero-order valence-corrected chi connectivity index (χ0v) is 21.3. The maximum atomic E-state index is 13.6. The molecule has 1 atom stereocenters. The predicted octanol–water partition coefficient (Wildman–Crippen LogP) is 6.28. The van der Waals surface area contributed by atoms with Crippen molar-refractivity contribution in [1.29, 1.82) is 0 Å². The van der Waals surface area contributed by atoms with Crippen LogP contribution >= 0.6 is 23.2 Å². The molecule has 0 spiro atoms. The Kier molecular flexibility index (Phi) is 10.5. The predicted molar refractivity (Wildman–Crippen MR) is 137 cm³/mol. The van der Waals surface area contributed by atoms with Crippen LogP contribution in [0.25, 0.3) is 0 Å². The molecule has 0 aliphatic heterocycles. The SMILES string of the molecule is CCCCOc1ccc(C(C(=O)NC2CCCCC2)N(Cc2ccccc2Cl)C(=O)CCl)cc1. The molecule has 5 nitrogen and oxygen atoms in total. The van der Waals surface area contributed by atoms with Gasteiger partial charge in [0.2, 0.25) is 11.8 Å². The normalized spacial score (nSPS) is 14.9. The zero-order chi connectivity index (χ0) is 24.3. The number of hydrogen-bond acceptors (Lipinski definition) is 3. The lowest BCUT2D eigenvalue weighted by Gasteiger charge is -2.33. The summed E-state index contributed by atoms with van der Waals surface area (Å²) in [4.78, 5) is 28.2. The Labute approximate surface area is 212 Å². The molecule has 184 valence electrons. The van der Waals surface area contributed by atoms with Crippen molar-refractivity contribution in [1.82, 2.24) is 10.2 Å². The number of carbonyl (C=O) groups excluding carboxylic acids is 2. The van der Waals surface area contributed by atoms with Crippen LogP contribution in [-0.2, 0) is 16.1 Å². The van der Waals surface area contributed by atoms with Crippen LogP contribution in [0.3, 0.4) is 0 Å². The first-order valence-corrected chi connectivity index (χ1v) is 13.1. The number of unbranched alkanes of at least 4 members (excludes halogenated alkanes) is 1. The molecule has 0 aromatic heterocycles. The van der Waals surface area contributed by atoms with Crippen LogP contribution in [-0.4, -0.2) is 35.2 Å². The number of rotatable bonds is 11. The van der Waals surface area contributed by atoms with E-state index in [1.54, 1.807) is 6.07 Å². The molecule has 1 N–H and O–H groups in total. The van der Waals surface area contributed by atoms with E-state index in [0.29, 0.717) is 17.2 Å². The summed E-state index contributed by atoms with van der Waals surface area (Å²) in [5.41, 5.74) is 1.47. The Morgan fingerprint density at radius 1 is 1.09 bits per heavy atom. The van der Waals surface area contributed by atoms with Gasteiger partial charge in [0.1, 0.15) is 17.7 Å². The van der Waals surface area contributed by atoms with Gasteiger partial charge in [-0.1, -0.05) is 74.5 Å². The fraction of sp³-hybridized carbons (Fsp3) is 0.481. The highest BCUT2D eigenvalue weighted by molar-refractivity contribution is 6.31. The second-order valence-corrected chi connectivity index (χ2v) is 9.44. The molecule has 1 fully saturated rings. The summed E-state index contributed by atoms with van der Waals surface area (Å²) in [6.45, 7) is 2.94. The van der Waals surface area contributed by atoms with E-state index in [4.69, 9.17) is 27.9 Å². The fourth-order valence-corrected chi connectivity index (χ4v) is 4.64. The van der Waals surface area contributed by atoms with Gasteiger partial charge in [-0.2, -0.15) is 0 Å². The van der Waals surface area contributed by atoms with Crippen LogP contribution in [0.2, 0.25) is 5.02 Å². The summed E-state index contributed by atoms with van der Waals surface area (Å²) >= 11 is 12.4. The molecule has 0 radical (unpaired) electrons. The molecule has 0 bridgehead atoms. The molecule has 34 heavy (non-hydrogen) atoms. The highest BCUT2D eigenvalue weighted by atomic mass is 35.5. The van der Waals surface area contributed by atoms with Gasteiger partial charge >= 0.3 is 0 Å². The van der Waals surface area contributed by atoms with Gasteiger partial charge in [-0.05, 0) is 48.6 Å². The molecule has 0 heterocycles. The lowest BCUT2D eigenvalue weighted by Crippen LogP contribution is -2.47. The Morgan fingerprint density at radius 2 is 1.79 bits per heavy atom. The Hall–Kier alpha value is -2.24. The van der Waals surface area contributed by atoms with Crippen LogP contribution in [0, 0.1) is 0 Å². The molecule has 1 saturated carbocycles. The Morgan fingerprint density at radius 3 is 2.44 bits per heavy atom. The molecule has 1 aliphatic rings. The van der Waals surface area contributed by atoms with Crippen LogP contribution in [0.4, 0.5) is 0 Å². The number of amides is 2. The minimum Gasteiger partial charge on any atom is -0.494 e. The second-order valence-electron chi connectivity index (χ2n) is 8.76. The van der Waals surface area contributed by atoms with Gasteiger partial charge in [0.25, 0.3) is 0 Å². The van der Waals surface area contributed by atoms with Crippen molar-refractivity contribution in [3.05, 3.63) is 64.7 Å². The third kappa shape index (κ3) is 7.38. The van der Waals surface area contributed by atoms with Crippen molar-refractivity contribution in [2.75, 3.05) is 12.5 Å². The summed E-state index contributed by atoms with van der Waals surface area (Å²) in [5, 5.41) is 3.74. The first-order chi connectivity index (χ1) is 16.5. The van der Waals surface area contributed by atoms with E-state index in [-0.39, 0.29) is 30.3 Å². The van der Waals surface area contributed by atoms with E-state index in [9.17, 15) is 9.59 Å². The summed E-state index contributed by atoms with van der Waals surface area (Å²) in [7, 11) is 0. The van der Waals surface area contributed by atoms with Crippen molar-refractivity contribution >= 4 is 35.0 Å². The maximum absolute atomic E-state index is 13.6. The third-order valence-corrected chi connectivity index (χ3v) is 6.80. The van der Waals surface area contributed by atoms with Crippen molar-refractivity contribution in [3.8, 4) is 5.75 Å². The molecular formula is C27H34Cl2N2O3. The average molecular weight is 505 g/mol. The summed E-state index contributed by atoms with van der Waals surface area (Å²) in [6, 6.07) is 14.0. The molecule has 2 aromatic carbocycles. The van der Waals surface area contributed by atoms with Gasteiger partial charge in [0, 0.05) is 17.6 Å². The number of halogens is 2. The zero-order valence-electron chi connectivity index (χ0n) is 19.8. The number of nitrogens with zero attached hydrogens (tertiary/aromatic N) is 1. The van der Waals surface area contributed by atoms with Gasteiger partial charge in [-0.3, -0.25) is 9.59 Å². The lowest BCUT2D eigenvalue weighted by molar-refractivity contribution is -0.140. The summed E-state index contributed by atoms with van der Waals surface area (Å²) < 4.78 is 5.78. The minimum absolute atomic E-state index is 0.119. The van der Waals surface area contributed by atoms with Crippen molar-refractivity contribution < 1.29 is 14.3 Å². The molecular weight excluding hydrogens is 471 g/mol. The second kappa shape index (κ2) is 13.6. The van der Waals surface area contributed by atoms with Gasteiger partial charge in [0.05, 0.1) is 6.61 Å². The molecule has 0 saturated heterocycles. The molecule has 7 heteroatoms. The van der Waals surface area contributed by atoms with Crippen LogP contribution < -0.4 is 10.1 Å². The number of alkyl halides is 1. The number of ether oxygens (including phenoxy) is 1. The number of nitrogens with one attached hydrogen (secondary N) is 1. The minimum atomic E-state index is -0.825. The lowest BCUT2D eigenvalue weighted by atomic mass is 9.94. The van der Waals surface area contributed by atoms with E-state index >= 15 is 0 Å². The number of hydrogen-bond donors (Lipinski definition) is 1. The topological polar surface area (TPSA) is 58.6 Å². The maximum Gasteiger partial charge on any atom is 0.247 e. The van der Waals surface area contributed by atoms with E-state index in [0.717, 1.165) is 49.8 Å². The molecule has 1 aliphatic carbocycles. The summed E-state index contributed by atoms with van der Waals surface area (Å²) in [5.74, 6) is -0.00809.